The number of likely N-dealkylation sites (tertiary alicyclic amines) is 1. The van der Waals surface area contributed by atoms with E-state index in [1.165, 1.54) is 70.9 Å². The molecular weight excluding hydrogens is 312 g/mol. The topological polar surface area (TPSA) is 44.7 Å². The molecule has 2 atom stereocenters. The van der Waals surface area contributed by atoms with Crippen LogP contribution in [0.3, 0.4) is 0 Å². The summed E-state index contributed by atoms with van der Waals surface area (Å²) < 4.78 is 5.92. The van der Waals surface area contributed by atoms with E-state index in [1.54, 1.807) is 0 Å². The first-order chi connectivity index (χ1) is 12.3. The van der Waals surface area contributed by atoms with Gasteiger partial charge in [-0.15, -0.1) is 0 Å². The zero-order valence-corrected chi connectivity index (χ0v) is 15.9. The van der Waals surface area contributed by atoms with Crippen LogP contribution >= 0.6 is 0 Å². The van der Waals surface area contributed by atoms with Crippen molar-refractivity contribution in [3.05, 3.63) is 0 Å². The minimum Gasteiger partial charge on any atom is -0.392 e. The number of ether oxygens (including phenoxy) is 1. The van der Waals surface area contributed by atoms with E-state index in [0.29, 0.717) is 12.1 Å². The number of aliphatic hydroxyl groups is 1. The molecule has 0 aromatic rings. The van der Waals surface area contributed by atoms with E-state index in [2.05, 4.69) is 10.2 Å². The largest absolute Gasteiger partial charge is 0.392 e. The molecule has 1 saturated heterocycles. The quantitative estimate of drug-likeness (QED) is 0.741. The maximum atomic E-state index is 10.0. The average Bonchev–Trinajstić information content (AvgIpc) is 3.38. The van der Waals surface area contributed by atoms with Gasteiger partial charge in [0, 0.05) is 31.3 Å². The Labute approximate surface area is 153 Å². The van der Waals surface area contributed by atoms with Crippen molar-refractivity contribution in [1.29, 1.82) is 0 Å². The highest BCUT2D eigenvalue weighted by molar-refractivity contribution is 4.89. The van der Waals surface area contributed by atoms with Gasteiger partial charge in [0.25, 0.3) is 0 Å². The molecule has 3 aliphatic carbocycles. The first-order valence-electron chi connectivity index (χ1n) is 11.0. The summed E-state index contributed by atoms with van der Waals surface area (Å²) in [6, 6.07) is 1.81. The summed E-state index contributed by atoms with van der Waals surface area (Å²) in [5.41, 5.74) is 0. The van der Waals surface area contributed by atoms with Crippen LogP contribution < -0.4 is 5.32 Å². The third kappa shape index (κ3) is 5.18. The summed E-state index contributed by atoms with van der Waals surface area (Å²) in [6.45, 7) is 4.52. The fraction of sp³-hybridized carbons (Fsp3) is 1.00. The highest BCUT2D eigenvalue weighted by Gasteiger charge is 2.32. The van der Waals surface area contributed by atoms with E-state index in [4.69, 9.17) is 4.74 Å². The zero-order chi connectivity index (χ0) is 17.1. The van der Waals surface area contributed by atoms with Crippen LogP contribution in [0.25, 0.3) is 0 Å². The SMILES string of the molecule is O[C@@H]1CCC[C@@H]1NC1CCN([C@H]2CC[C@H](COCC3CC3)CC2)CC1. The molecule has 1 aliphatic heterocycles. The first-order valence-corrected chi connectivity index (χ1v) is 11.0. The zero-order valence-electron chi connectivity index (χ0n) is 15.9. The number of rotatable bonds is 7. The van der Waals surface area contributed by atoms with E-state index in [-0.39, 0.29) is 6.10 Å². The summed E-state index contributed by atoms with van der Waals surface area (Å²) in [5, 5.41) is 13.8. The number of aliphatic hydroxyl groups excluding tert-OH is 1. The lowest BCUT2D eigenvalue weighted by Gasteiger charge is -2.41. The Hall–Kier alpha value is -0.160. The van der Waals surface area contributed by atoms with Gasteiger partial charge in [0.2, 0.25) is 0 Å². The number of nitrogens with one attached hydrogen (secondary N) is 1. The van der Waals surface area contributed by atoms with Gasteiger partial charge in [-0.1, -0.05) is 0 Å². The second-order valence-electron chi connectivity index (χ2n) is 9.24. The van der Waals surface area contributed by atoms with E-state index >= 15 is 0 Å². The Bertz CT molecular complexity index is 399. The predicted molar refractivity (Wildman–Crippen MR) is 101 cm³/mol. The molecule has 0 radical (unpaired) electrons. The Balaban J connectivity index is 1.11. The third-order valence-electron chi connectivity index (χ3n) is 7.20. The lowest BCUT2D eigenvalue weighted by molar-refractivity contribution is 0.0496. The van der Waals surface area contributed by atoms with Gasteiger partial charge in [0.1, 0.15) is 0 Å². The van der Waals surface area contributed by atoms with Crippen LogP contribution in [-0.2, 0) is 4.74 Å². The molecule has 3 saturated carbocycles. The molecule has 4 fully saturated rings. The van der Waals surface area contributed by atoms with Crippen LogP contribution in [0.5, 0.6) is 0 Å². The Morgan fingerprint density at radius 2 is 1.44 bits per heavy atom. The van der Waals surface area contributed by atoms with Crippen molar-refractivity contribution in [2.24, 2.45) is 11.8 Å². The number of hydrogen-bond acceptors (Lipinski definition) is 4. The molecular formula is C21H38N2O2. The van der Waals surface area contributed by atoms with Crippen molar-refractivity contribution in [3.8, 4) is 0 Å². The van der Waals surface area contributed by atoms with Crippen LogP contribution in [0.1, 0.15) is 70.6 Å². The van der Waals surface area contributed by atoms with Crippen molar-refractivity contribution >= 4 is 0 Å². The van der Waals surface area contributed by atoms with Crippen LogP contribution in [0.15, 0.2) is 0 Å². The second-order valence-corrected chi connectivity index (χ2v) is 9.24. The predicted octanol–water partition coefficient (Wildman–Crippen LogP) is 2.94. The summed E-state index contributed by atoms with van der Waals surface area (Å²) >= 11 is 0. The van der Waals surface area contributed by atoms with Crippen molar-refractivity contribution in [1.82, 2.24) is 10.2 Å². The molecule has 4 rings (SSSR count). The van der Waals surface area contributed by atoms with Crippen LogP contribution in [0.2, 0.25) is 0 Å². The lowest BCUT2D eigenvalue weighted by Crippen LogP contribution is -2.51. The van der Waals surface area contributed by atoms with E-state index in [0.717, 1.165) is 43.9 Å². The molecule has 0 amide bonds. The van der Waals surface area contributed by atoms with Crippen LogP contribution in [-0.4, -0.2) is 60.5 Å². The van der Waals surface area contributed by atoms with Crippen LogP contribution in [0.4, 0.5) is 0 Å². The molecule has 4 nitrogen and oxygen atoms in total. The first kappa shape index (κ1) is 18.2. The normalized spacial score (nSPS) is 38.3. The van der Waals surface area contributed by atoms with E-state index in [9.17, 15) is 5.11 Å². The maximum absolute atomic E-state index is 10.0. The number of piperidine rings is 1. The molecule has 0 spiro atoms. The Morgan fingerprint density at radius 1 is 0.800 bits per heavy atom. The minimum atomic E-state index is -0.101. The van der Waals surface area contributed by atoms with Gasteiger partial charge >= 0.3 is 0 Å². The molecule has 0 bridgehead atoms. The van der Waals surface area contributed by atoms with E-state index < -0.39 is 0 Å². The summed E-state index contributed by atoms with van der Waals surface area (Å²) in [4.78, 5) is 2.75. The smallest absolute Gasteiger partial charge is 0.0693 e. The molecule has 0 aromatic carbocycles. The monoisotopic (exact) mass is 350 g/mol. The van der Waals surface area contributed by atoms with Gasteiger partial charge in [0.15, 0.2) is 0 Å². The fourth-order valence-electron chi connectivity index (χ4n) is 5.23. The van der Waals surface area contributed by atoms with Crippen molar-refractivity contribution in [2.75, 3.05) is 26.3 Å². The van der Waals surface area contributed by atoms with Gasteiger partial charge in [-0.25, -0.2) is 0 Å². The van der Waals surface area contributed by atoms with Crippen molar-refractivity contribution < 1.29 is 9.84 Å². The third-order valence-corrected chi connectivity index (χ3v) is 7.20. The molecule has 4 aliphatic rings. The van der Waals surface area contributed by atoms with Crippen molar-refractivity contribution in [2.45, 2.75) is 94.9 Å². The summed E-state index contributed by atoms with van der Waals surface area (Å²) in [6.07, 6.45) is 14.0. The molecule has 4 heteroatoms. The minimum absolute atomic E-state index is 0.101. The molecule has 0 aromatic heterocycles. The molecule has 25 heavy (non-hydrogen) atoms. The van der Waals surface area contributed by atoms with Crippen molar-refractivity contribution in [3.63, 3.8) is 0 Å². The average molecular weight is 351 g/mol. The number of nitrogens with zero attached hydrogens (tertiary/aromatic N) is 1. The summed E-state index contributed by atoms with van der Waals surface area (Å²) in [5.74, 6) is 1.72. The van der Waals surface area contributed by atoms with Gasteiger partial charge in [0.05, 0.1) is 6.10 Å². The fourth-order valence-corrected chi connectivity index (χ4v) is 5.23. The Morgan fingerprint density at radius 3 is 2.00 bits per heavy atom. The Kier molecular flexibility index (Phi) is 6.33. The van der Waals surface area contributed by atoms with Gasteiger partial charge in [-0.3, -0.25) is 0 Å². The molecule has 144 valence electrons. The van der Waals surface area contributed by atoms with Gasteiger partial charge in [-0.2, -0.15) is 0 Å². The summed E-state index contributed by atoms with van der Waals surface area (Å²) in [7, 11) is 0. The highest BCUT2D eigenvalue weighted by atomic mass is 16.5. The number of hydrogen-bond donors (Lipinski definition) is 2. The standard InChI is InChI=1S/C21H38N2O2/c24-21-3-1-2-20(21)22-18-10-12-23(13-11-18)19-8-6-17(7-9-19)15-25-14-16-4-5-16/h16-22,24H,1-15H2/t17-,19-,20-,21+/m0/s1. The molecule has 1 heterocycles. The second kappa shape index (κ2) is 8.69. The highest BCUT2D eigenvalue weighted by Crippen LogP contribution is 2.32. The van der Waals surface area contributed by atoms with Gasteiger partial charge < -0.3 is 20.1 Å². The molecule has 2 N–H and O–H groups in total. The lowest BCUT2D eigenvalue weighted by atomic mass is 9.85. The maximum Gasteiger partial charge on any atom is 0.0693 e. The van der Waals surface area contributed by atoms with Gasteiger partial charge in [-0.05, 0) is 95.6 Å². The van der Waals surface area contributed by atoms with Crippen LogP contribution in [0, 0.1) is 11.8 Å². The molecule has 0 unspecified atom stereocenters. The van der Waals surface area contributed by atoms with E-state index in [1.807, 2.05) is 0 Å².